The van der Waals surface area contributed by atoms with Crippen molar-refractivity contribution in [3.63, 3.8) is 0 Å². The minimum Gasteiger partial charge on any atom is -0.493 e. The van der Waals surface area contributed by atoms with Gasteiger partial charge in [-0.15, -0.1) is 0 Å². The Morgan fingerprint density at radius 1 is 1.13 bits per heavy atom. The average Bonchev–Trinajstić information content (AvgIpc) is 3.30. The highest BCUT2D eigenvalue weighted by atomic mass is 16.5. The molecule has 1 aliphatic heterocycles. The van der Waals surface area contributed by atoms with Gasteiger partial charge in [-0.1, -0.05) is 31.1 Å². The highest BCUT2D eigenvalue weighted by Crippen LogP contribution is 2.23. The summed E-state index contributed by atoms with van der Waals surface area (Å²) in [5, 5.41) is 4.03. The van der Waals surface area contributed by atoms with Gasteiger partial charge in [-0.3, -0.25) is 4.79 Å². The van der Waals surface area contributed by atoms with E-state index in [0.29, 0.717) is 55.8 Å². The van der Waals surface area contributed by atoms with Crippen LogP contribution < -0.4 is 9.64 Å². The second-order valence-electron chi connectivity index (χ2n) is 7.72. The van der Waals surface area contributed by atoms with Gasteiger partial charge in [-0.05, 0) is 31.2 Å². The molecule has 0 aliphatic carbocycles. The minimum atomic E-state index is 0.00469. The first kappa shape index (κ1) is 20.8. The number of rotatable bonds is 6. The largest absolute Gasteiger partial charge is 0.493 e. The molecule has 1 aromatic carbocycles. The maximum absolute atomic E-state index is 13.0. The minimum absolute atomic E-state index is 0.00469. The summed E-state index contributed by atoms with van der Waals surface area (Å²) >= 11 is 0. The molecule has 1 amide bonds. The van der Waals surface area contributed by atoms with E-state index >= 15 is 0 Å². The molecule has 3 aromatic rings. The summed E-state index contributed by atoms with van der Waals surface area (Å²) in [6, 6.07) is 11.3. The van der Waals surface area contributed by atoms with Crippen molar-refractivity contribution in [2.75, 3.05) is 37.7 Å². The third-order valence-electron chi connectivity index (χ3n) is 5.25. The van der Waals surface area contributed by atoms with Crippen molar-refractivity contribution >= 4 is 11.7 Å². The molecule has 0 atom stereocenters. The zero-order valence-corrected chi connectivity index (χ0v) is 18.1. The van der Waals surface area contributed by atoms with E-state index in [0.717, 1.165) is 11.4 Å². The van der Waals surface area contributed by atoms with Gasteiger partial charge in [-0.2, -0.15) is 4.98 Å². The fraction of sp³-hybridized carbons (Fsp3) is 0.391. The van der Waals surface area contributed by atoms with Crippen molar-refractivity contribution in [3.05, 3.63) is 54.0 Å². The lowest BCUT2D eigenvalue weighted by Crippen LogP contribution is -2.49. The van der Waals surface area contributed by atoms with Crippen molar-refractivity contribution < 1.29 is 14.1 Å². The predicted octanol–water partition coefficient (Wildman–Crippen LogP) is 3.62. The third-order valence-corrected chi connectivity index (χ3v) is 5.25. The first-order valence-corrected chi connectivity index (χ1v) is 10.6. The number of aromatic nitrogens is 3. The van der Waals surface area contributed by atoms with Crippen LogP contribution in [0.2, 0.25) is 0 Å². The second kappa shape index (κ2) is 9.16. The molecule has 8 nitrogen and oxygen atoms in total. The van der Waals surface area contributed by atoms with Crippen molar-refractivity contribution in [3.8, 4) is 17.1 Å². The second-order valence-corrected chi connectivity index (χ2v) is 7.72. The van der Waals surface area contributed by atoms with E-state index < -0.39 is 0 Å². The molecule has 3 heterocycles. The van der Waals surface area contributed by atoms with Gasteiger partial charge in [0.2, 0.25) is 11.7 Å². The number of benzene rings is 1. The lowest BCUT2D eigenvalue weighted by atomic mass is 10.1. The summed E-state index contributed by atoms with van der Waals surface area (Å²) in [6.45, 7) is 9.17. The van der Waals surface area contributed by atoms with Crippen LogP contribution in [0.15, 0.2) is 47.1 Å². The summed E-state index contributed by atoms with van der Waals surface area (Å²) in [7, 11) is 0. The van der Waals surface area contributed by atoms with Crippen LogP contribution in [0.4, 0.5) is 5.82 Å². The number of carbonyl (C=O) groups excluding carboxylic acids is 1. The molecule has 0 unspecified atom stereocenters. The Hall–Kier alpha value is -3.42. The van der Waals surface area contributed by atoms with Crippen LogP contribution in [0.1, 0.15) is 42.9 Å². The number of anilines is 1. The molecule has 4 rings (SSSR count). The molecule has 0 N–H and O–H groups in total. The Bertz CT molecular complexity index is 1020. The summed E-state index contributed by atoms with van der Waals surface area (Å²) in [4.78, 5) is 26.0. The Morgan fingerprint density at radius 3 is 2.55 bits per heavy atom. The monoisotopic (exact) mass is 421 g/mol. The van der Waals surface area contributed by atoms with Gasteiger partial charge in [0.05, 0.1) is 12.2 Å². The van der Waals surface area contributed by atoms with Crippen LogP contribution in [0.5, 0.6) is 5.75 Å². The lowest BCUT2D eigenvalue weighted by molar-refractivity contribution is 0.0742. The normalized spacial score (nSPS) is 14.2. The van der Waals surface area contributed by atoms with E-state index in [1.807, 2.05) is 62.1 Å². The smallest absolute Gasteiger partial charge is 0.257 e. The maximum atomic E-state index is 13.0. The van der Waals surface area contributed by atoms with Crippen LogP contribution in [-0.2, 0) is 0 Å². The standard InChI is InChI=1S/C23H27N5O3/c1-4-30-19-8-6-5-7-18(19)23(29)28-13-11-27(12-14-28)20-10-9-17(15-24-20)21-25-22(16(2)3)31-26-21/h5-10,15-16H,4,11-14H2,1-3H3. The predicted molar refractivity (Wildman–Crippen MR) is 117 cm³/mol. The molecule has 1 aliphatic rings. The van der Waals surface area contributed by atoms with Crippen LogP contribution in [0.25, 0.3) is 11.4 Å². The molecule has 0 bridgehead atoms. The van der Waals surface area contributed by atoms with Gasteiger partial charge in [0.1, 0.15) is 11.6 Å². The molecule has 162 valence electrons. The fourth-order valence-corrected chi connectivity index (χ4v) is 3.53. The molecule has 8 heteroatoms. The van der Waals surface area contributed by atoms with Gasteiger partial charge < -0.3 is 19.1 Å². The van der Waals surface area contributed by atoms with E-state index in [2.05, 4.69) is 20.0 Å². The Morgan fingerprint density at radius 2 is 1.90 bits per heavy atom. The Balaban J connectivity index is 1.39. The number of piperazine rings is 1. The number of hydrogen-bond donors (Lipinski definition) is 0. The zero-order chi connectivity index (χ0) is 21.8. The average molecular weight is 422 g/mol. The van der Waals surface area contributed by atoms with Crippen molar-refractivity contribution in [1.29, 1.82) is 0 Å². The number of ether oxygens (including phenoxy) is 1. The van der Waals surface area contributed by atoms with E-state index in [9.17, 15) is 4.79 Å². The van der Waals surface area contributed by atoms with E-state index in [1.165, 1.54) is 0 Å². The zero-order valence-electron chi connectivity index (χ0n) is 18.1. The number of carbonyl (C=O) groups is 1. The molecule has 0 saturated carbocycles. The van der Waals surface area contributed by atoms with Crippen molar-refractivity contribution in [2.45, 2.75) is 26.7 Å². The van der Waals surface area contributed by atoms with Crippen LogP contribution in [0, 0.1) is 0 Å². The topological polar surface area (TPSA) is 84.6 Å². The number of pyridine rings is 1. The summed E-state index contributed by atoms with van der Waals surface area (Å²) in [5.74, 6) is 2.87. The Labute approximate surface area is 181 Å². The van der Waals surface area contributed by atoms with E-state index in [4.69, 9.17) is 9.26 Å². The number of amides is 1. The van der Waals surface area contributed by atoms with Crippen LogP contribution >= 0.6 is 0 Å². The van der Waals surface area contributed by atoms with Gasteiger partial charge >= 0.3 is 0 Å². The molecule has 31 heavy (non-hydrogen) atoms. The SMILES string of the molecule is CCOc1ccccc1C(=O)N1CCN(c2ccc(-c3noc(C(C)C)n3)cn2)CC1. The molecule has 1 fully saturated rings. The molecule has 2 aromatic heterocycles. The first-order valence-electron chi connectivity index (χ1n) is 10.6. The highest BCUT2D eigenvalue weighted by Gasteiger charge is 2.25. The quantitative estimate of drug-likeness (QED) is 0.601. The summed E-state index contributed by atoms with van der Waals surface area (Å²) in [6.07, 6.45) is 1.76. The van der Waals surface area contributed by atoms with Gasteiger partial charge in [0, 0.05) is 43.9 Å². The molecule has 0 radical (unpaired) electrons. The molecule has 0 spiro atoms. The van der Waals surface area contributed by atoms with Crippen LogP contribution in [-0.4, -0.2) is 58.7 Å². The van der Waals surface area contributed by atoms with E-state index in [1.54, 1.807) is 6.20 Å². The van der Waals surface area contributed by atoms with Crippen molar-refractivity contribution in [1.82, 2.24) is 20.0 Å². The summed E-state index contributed by atoms with van der Waals surface area (Å²) < 4.78 is 10.9. The highest BCUT2D eigenvalue weighted by molar-refractivity contribution is 5.97. The fourth-order valence-electron chi connectivity index (χ4n) is 3.53. The summed E-state index contributed by atoms with van der Waals surface area (Å²) in [5.41, 5.74) is 1.43. The lowest BCUT2D eigenvalue weighted by Gasteiger charge is -2.35. The van der Waals surface area contributed by atoms with Gasteiger partial charge in [0.15, 0.2) is 0 Å². The van der Waals surface area contributed by atoms with Gasteiger partial charge in [0.25, 0.3) is 5.91 Å². The van der Waals surface area contributed by atoms with E-state index in [-0.39, 0.29) is 11.8 Å². The molecular weight excluding hydrogens is 394 g/mol. The van der Waals surface area contributed by atoms with Crippen LogP contribution in [0.3, 0.4) is 0 Å². The number of para-hydroxylation sites is 1. The molecule has 1 saturated heterocycles. The first-order chi connectivity index (χ1) is 15.1. The number of hydrogen-bond acceptors (Lipinski definition) is 7. The number of nitrogens with zero attached hydrogens (tertiary/aromatic N) is 5. The van der Waals surface area contributed by atoms with Gasteiger partial charge in [-0.25, -0.2) is 4.98 Å². The van der Waals surface area contributed by atoms with Crippen molar-refractivity contribution in [2.24, 2.45) is 0 Å². The molecular formula is C23H27N5O3. The Kier molecular flexibility index (Phi) is 6.16. The third kappa shape index (κ3) is 4.52. The maximum Gasteiger partial charge on any atom is 0.257 e.